The highest BCUT2D eigenvalue weighted by Crippen LogP contribution is 2.29. The smallest absolute Gasteiger partial charge is 0.249 e. The Morgan fingerprint density at radius 2 is 1.74 bits per heavy atom. The summed E-state index contributed by atoms with van der Waals surface area (Å²) in [6.45, 7) is 0. The Bertz CT molecular complexity index is 1080. The highest BCUT2D eigenvalue weighted by molar-refractivity contribution is 7.98. The number of halogens is 2. The van der Waals surface area contributed by atoms with Crippen molar-refractivity contribution in [3.63, 3.8) is 0 Å². The maximum absolute atomic E-state index is 6.17. The zero-order valence-electron chi connectivity index (χ0n) is 14.1. The standard InChI is InChI=1S/C18H13Cl2N5OS/c1-25-16(11-6-8-12(19)9-7-11)22-24-18(25)27-10-15-21-23-17(26-15)13-4-2-3-5-14(13)20/h2-9H,10H2,1H3. The maximum atomic E-state index is 6.17. The van der Waals surface area contributed by atoms with Gasteiger partial charge in [0.15, 0.2) is 11.0 Å². The van der Waals surface area contributed by atoms with Crippen LogP contribution in [0.3, 0.4) is 0 Å². The van der Waals surface area contributed by atoms with Crippen molar-refractivity contribution in [3.05, 3.63) is 64.5 Å². The molecule has 0 spiro atoms. The predicted octanol–water partition coefficient (Wildman–Crippen LogP) is 5.13. The molecule has 4 rings (SSSR count). The van der Waals surface area contributed by atoms with Crippen LogP contribution in [-0.2, 0) is 12.8 Å². The molecule has 0 amide bonds. The topological polar surface area (TPSA) is 69.6 Å². The summed E-state index contributed by atoms with van der Waals surface area (Å²) in [5.74, 6) is 2.13. The maximum Gasteiger partial charge on any atom is 0.249 e. The first-order valence-electron chi connectivity index (χ1n) is 7.97. The summed E-state index contributed by atoms with van der Waals surface area (Å²) in [6.07, 6.45) is 0. The Morgan fingerprint density at radius 1 is 0.963 bits per heavy atom. The molecule has 0 saturated heterocycles. The second kappa shape index (κ2) is 7.72. The van der Waals surface area contributed by atoms with Gasteiger partial charge >= 0.3 is 0 Å². The largest absolute Gasteiger partial charge is 0.420 e. The van der Waals surface area contributed by atoms with Crippen LogP contribution < -0.4 is 0 Å². The van der Waals surface area contributed by atoms with Crippen molar-refractivity contribution in [2.75, 3.05) is 0 Å². The fraction of sp³-hybridized carbons (Fsp3) is 0.111. The van der Waals surface area contributed by atoms with E-state index >= 15 is 0 Å². The SMILES string of the molecule is Cn1c(SCc2nnc(-c3ccccc3Cl)o2)nnc1-c1ccc(Cl)cc1. The summed E-state index contributed by atoms with van der Waals surface area (Å²) in [5, 5.41) is 18.7. The summed E-state index contributed by atoms with van der Waals surface area (Å²) in [6, 6.07) is 14.8. The average Bonchev–Trinajstić information content (AvgIpc) is 3.28. The van der Waals surface area contributed by atoms with Crippen molar-refractivity contribution in [1.29, 1.82) is 0 Å². The quantitative estimate of drug-likeness (QED) is 0.419. The molecule has 0 aliphatic heterocycles. The summed E-state index contributed by atoms with van der Waals surface area (Å²) < 4.78 is 7.63. The Labute approximate surface area is 169 Å². The van der Waals surface area contributed by atoms with Crippen LogP contribution in [0.5, 0.6) is 0 Å². The van der Waals surface area contributed by atoms with Gasteiger partial charge in [-0.3, -0.25) is 0 Å². The lowest BCUT2D eigenvalue weighted by molar-refractivity contribution is 0.528. The molecule has 0 unspecified atom stereocenters. The Morgan fingerprint density at radius 3 is 2.52 bits per heavy atom. The molecule has 0 fully saturated rings. The van der Waals surface area contributed by atoms with E-state index in [9.17, 15) is 0 Å². The minimum atomic E-state index is 0.399. The van der Waals surface area contributed by atoms with Crippen LogP contribution in [0.2, 0.25) is 10.0 Å². The van der Waals surface area contributed by atoms with Crippen molar-refractivity contribution >= 4 is 35.0 Å². The van der Waals surface area contributed by atoms with Crippen molar-refractivity contribution in [3.8, 4) is 22.8 Å². The van der Waals surface area contributed by atoms with E-state index in [0.717, 1.165) is 16.5 Å². The van der Waals surface area contributed by atoms with Crippen molar-refractivity contribution in [1.82, 2.24) is 25.0 Å². The molecule has 0 bridgehead atoms. The normalized spacial score (nSPS) is 11.1. The fourth-order valence-electron chi connectivity index (χ4n) is 2.47. The lowest BCUT2D eigenvalue weighted by Crippen LogP contribution is -1.95. The van der Waals surface area contributed by atoms with E-state index < -0.39 is 0 Å². The van der Waals surface area contributed by atoms with Gasteiger partial charge in [0.05, 0.1) is 16.3 Å². The molecule has 0 saturated carbocycles. The molecule has 6 nitrogen and oxygen atoms in total. The zero-order chi connectivity index (χ0) is 18.8. The van der Waals surface area contributed by atoms with Crippen LogP contribution in [0.4, 0.5) is 0 Å². The van der Waals surface area contributed by atoms with Gasteiger partial charge in [-0.2, -0.15) is 0 Å². The molecule has 2 aromatic heterocycles. The van der Waals surface area contributed by atoms with Gasteiger partial charge < -0.3 is 8.98 Å². The van der Waals surface area contributed by atoms with E-state index in [-0.39, 0.29) is 0 Å². The molecule has 4 aromatic rings. The molecule has 0 atom stereocenters. The highest BCUT2D eigenvalue weighted by Gasteiger charge is 2.15. The molecule has 2 aromatic carbocycles. The third-order valence-electron chi connectivity index (χ3n) is 3.83. The number of aromatic nitrogens is 5. The van der Waals surface area contributed by atoms with E-state index in [1.807, 2.05) is 54.1 Å². The number of thioether (sulfide) groups is 1. The zero-order valence-corrected chi connectivity index (χ0v) is 16.5. The lowest BCUT2D eigenvalue weighted by atomic mass is 10.2. The lowest BCUT2D eigenvalue weighted by Gasteiger charge is -2.03. The van der Waals surface area contributed by atoms with E-state index in [1.54, 1.807) is 6.07 Å². The van der Waals surface area contributed by atoms with Crippen LogP contribution in [0, 0.1) is 0 Å². The molecule has 0 N–H and O–H groups in total. The Balaban J connectivity index is 1.48. The summed E-state index contributed by atoms with van der Waals surface area (Å²) in [5.41, 5.74) is 1.66. The number of hydrogen-bond acceptors (Lipinski definition) is 6. The molecular formula is C18H13Cl2N5OS. The third kappa shape index (κ3) is 3.85. The Kier molecular flexibility index (Phi) is 5.15. The first-order chi connectivity index (χ1) is 13.1. The van der Waals surface area contributed by atoms with E-state index in [1.165, 1.54) is 11.8 Å². The van der Waals surface area contributed by atoms with Crippen LogP contribution in [0.15, 0.2) is 58.1 Å². The first-order valence-corrected chi connectivity index (χ1v) is 9.71. The van der Waals surface area contributed by atoms with Gasteiger partial charge in [0, 0.05) is 17.6 Å². The van der Waals surface area contributed by atoms with E-state index in [2.05, 4.69) is 20.4 Å². The molecule has 0 radical (unpaired) electrons. The van der Waals surface area contributed by atoms with Gasteiger partial charge in [-0.1, -0.05) is 47.1 Å². The molecule has 0 aliphatic rings. The van der Waals surface area contributed by atoms with Gasteiger partial charge in [-0.15, -0.1) is 20.4 Å². The molecule has 9 heteroatoms. The van der Waals surface area contributed by atoms with Gasteiger partial charge in [0.1, 0.15) is 0 Å². The fourth-order valence-corrected chi connectivity index (χ4v) is 3.56. The number of nitrogens with zero attached hydrogens (tertiary/aromatic N) is 5. The summed E-state index contributed by atoms with van der Waals surface area (Å²) in [7, 11) is 1.91. The third-order valence-corrected chi connectivity index (χ3v) is 5.42. The molecular weight excluding hydrogens is 405 g/mol. The van der Waals surface area contributed by atoms with Crippen LogP contribution in [-0.4, -0.2) is 25.0 Å². The van der Waals surface area contributed by atoms with Gasteiger partial charge in [0.25, 0.3) is 0 Å². The van der Waals surface area contributed by atoms with E-state index in [0.29, 0.717) is 33.1 Å². The Hall–Kier alpha value is -2.35. The van der Waals surface area contributed by atoms with Crippen molar-refractivity contribution < 1.29 is 4.42 Å². The average molecular weight is 418 g/mol. The summed E-state index contributed by atoms with van der Waals surface area (Å²) in [4.78, 5) is 0. The molecule has 136 valence electrons. The minimum absolute atomic E-state index is 0.399. The first kappa shape index (κ1) is 18.0. The van der Waals surface area contributed by atoms with Crippen molar-refractivity contribution in [2.24, 2.45) is 7.05 Å². The number of rotatable bonds is 5. The van der Waals surface area contributed by atoms with Gasteiger partial charge in [-0.25, -0.2) is 0 Å². The molecule has 0 aliphatic carbocycles. The molecule has 27 heavy (non-hydrogen) atoms. The van der Waals surface area contributed by atoms with Crippen molar-refractivity contribution in [2.45, 2.75) is 10.9 Å². The van der Waals surface area contributed by atoms with Crippen LogP contribution in [0.1, 0.15) is 5.89 Å². The second-order valence-corrected chi connectivity index (χ2v) is 7.43. The van der Waals surface area contributed by atoms with Crippen LogP contribution >= 0.6 is 35.0 Å². The van der Waals surface area contributed by atoms with Gasteiger partial charge in [0.2, 0.25) is 11.8 Å². The number of benzene rings is 2. The molecule has 2 heterocycles. The van der Waals surface area contributed by atoms with Gasteiger partial charge in [-0.05, 0) is 36.4 Å². The highest BCUT2D eigenvalue weighted by atomic mass is 35.5. The summed E-state index contributed by atoms with van der Waals surface area (Å²) >= 11 is 13.6. The van der Waals surface area contributed by atoms with E-state index in [4.69, 9.17) is 27.6 Å². The van der Waals surface area contributed by atoms with Crippen LogP contribution in [0.25, 0.3) is 22.8 Å². The predicted molar refractivity (Wildman–Crippen MR) is 106 cm³/mol. The monoisotopic (exact) mass is 417 g/mol. The minimum Gasteiger partial charge on any atom is -0.420 e. The number of hydrogen-bond donors (Lipinski definition) is 0. The second-order valence-electron chi connectivity index (χ2n) is 5.64.